The number of nitrogen functional groups attached to an aromatic ring is 1. The van der Waals surface area contributed by atoms with Crippen LogP contribution in [0.3, 0.4) is 0 Å². The minimum atomic E-state index is 0.665. The third-order valence-electron chi connectivity index (χ3n) is 1.64. The number of halogens is 1. The summed E-state index contributed by atoms with van der Waals surface area (Å²) in [6.45, 7) is 0. The lowest BCUT2D eigenvalue weighted by Crippen LogP contribution is -1.96. The van der Waals surface area contributed by atoms with Crippen LogP contribution < -0.4 is 5.73 Å². The predicted molar refractivity (Wildman–Crippen MR) is 53.5 cm³/mol. The molecule has 0 saturated carbocycles. The molecular formula is C8H7BrN4. The van der Waals surface area contributed by atoms with E-state index in [4.69, 9.17) is 5.73 Å². The lowest BCUT2D eigenvalue weighted by Gasteiger charge is -2.02. The molecule has 2 N–H and O–H groups in total. The molecule has 0 fully saturated rings. The number of aromatic nitrogens is 3. The first-order valence-electron chi connectivity index (χ1n) is 3.67. The van der Waals surface area contributed by atoms with E-state index in [0.29, 0.717) is 5.69 Å². The summed E-state index contributed by atoms with van der Waals surface area (Å²) < 4.78 is 2.60. The number of pyridine rings is 1. The Hall–Kier alpha value is -1.36. The van der Waals surface area contributed by atoms with Crippen LogP contribution in [0.25, 0.3) is 5.82 Å². The second kappa shape index (κ2) is 3.18. The van der Waals surface area contributed by atoms with E-state index >= 15 is 0 Å². The Morgan fingerprint density at radius 1 is 1.46 bits per heavy atom. The standard InChI is InChI=1S/C8H7BrN4/c9-6-4-12-8(3-7(6)10)13-2-1-11-5-13/h1-5H,(H2,10,12). The Morgan fingerprint density at radius 2 is 2.31 bits per heavy atom. The molecule has 0 amide bonds. The predicted octanol–water partition coefficient (Wildman–Crippen LogP) is 1.61. The van der Waals surface area contributed by atoms with Crippen molar-refractivity contribution < 1.29 is 0 Å². The second-order valence-corrected chi connectivity index (χ2v) is 3.39. The molecule has 2 aromatic rings. The van der Waals surface area contributed by atoms with Crippen molar-refractivity contribution in [3.8, 4) is 5.82 Å². The number of hydrogen-bond acceptors (Lipinski definition) is 3. The average Bonchev–Trinajstić information content (AvgIpc) is 2.62. The monoisotopic (exact) mass is 238 g/mol. The average molecular weight is 239 g/mol. The van der Waals surface area contributed by atoms with E-state index in [2.05, 4.69) is 25.9 Å². The van der Waals surface area contributed by atoms with Crippen LogP contribution in [0.4, 0.5) is 5.69 Å². The van der Waals surface area contributed by atoms with Gasteiger partial charge in [-0.2, -0.15) is 0 Å². The van der Waals surface area contributed by atoms with Crippen LogP contribution in [0.15, 0.2) is 35.5 Å². The topological polar surface area (TPSA) is 56.7 Å². The van der Waals surface area contributed by atoms with Crippen molar-refractivity contribution in [3.05, 3.63) is 35.5 Å². The van der Waals surface area contributed by atoms with Gasteiger partial charge >= 0.3 is 0 Å². The van der Waals surface area contributed by atoms with Crippen molar-refractivity contribution in [3.63, 3.8) is 0 Å². The van der Waals surface area contributed by atoms with Crippen LogP contribution in [0.5, 0.6) is 0 Å². The van der Waals surface area contributed by atoms with Gasteiger partial charge in [-0.1, -0.05) is 0 Å². The summed E-state index contributed by atoms with van der Waals surface area (Å²) in [5.74, 6) is 0.762. The van der Waals surface area contributed by atoms with Crippen LogP contribution in [-0.2, 0) is 0 Å². The maximum atomic E-state index is 5.71. The molecule has 0 spiro atoms. The van der Waals surface area contributed by atoms with Gasteiger partial charge in [0.1, 0.15) is 12.1 Å². The molecule has 2 aromatic heterocycles. The Bertz CT molecular complexity index is 410. The van der Waals surface area contributed by atoms with E-state index in [1.165, 1.54) is 0 Å². The van der Waals surface area contributed by atoms with E-state index in [9.17, 15) is 0 Å². The number of anilines is 1. The van der Waals surface area contributed by atoms with Crippen LogP contribution in [0.1, 0.15) is 0 Å². The van der Waals surface area contributed by atoms with Gasteiger partial charge in [-0.25, -0.2) is 9.97 Å². The fourth-order valence-corrected chi connectivity index (χ4v) is 1.20. The van der Waals surface area contributed by atoms with E-state index in [1.54, 1.807) is 29.4 Å². The highest BCUT2D eigenvalue weighted by atomic mass is 79.9. The summed E-state index contributed by atoms with van der Waals surface area (Å²) in [4.78, 5) is 8.10. The fraction of sp³-hybridized carbons (Fsp3) is 0. The molecule has 0 aliphatic carbocycles. The fourth-order valence-electron chi connectivity index (χ4n) is 0.978. The normalized spacial score (nSPS) is 10.2. The summed E-state index contributed by atoms with van der Waals surface area (Å²) in [5, 5.41) is 0. The van der Waals surface area contributed by atoms with E-state index in [-0.39, 0.29) is 0 Å². The van der Waals surface area contributed by atoms with Crippen molar-refractivity contribution in [1.29, 1.82) is 0 Å². The van der Waals surface area contributed by atoms with Crippen molar-refractivity contribution >= 4 is 21.6 Å². The summed E-state index contributed by atoms with van der Waals surface area (Å²) >= 11 is 3.28. The maximum absolute atomic E-state index is 5.71. The minimum Gasteiger partial charge on any atom is -0.398 e. The van der Waals surface area contributed by atoms with Crippen LogP contribution >= 0.6 is 15.9 Å². The smallest absolute Gasteiger partial charge is 0.139 e. The largest absolute Gasteiger partial charge is 0.398 e. The van der Waals surface area contributed by atoms with Gasteiger partial charge in [-0.05, 0) is 15.9 Å². The summed E-state index contributed by atoms with van der Waals surface area (Å²) in [7, 11) is 0. The van der Waals surface area contributed by atoms with Crippen LogP contribution in [-0.4, -0.2) is 14.5 Å². The minimum absolute atomic E-state index is 0.665. The van der Waals surface area contributed by atoms with Gasteiger partial charge in [0.15, 0.2) is 0 Å². The Balaban J connectivity index is 2.49. The molecule has 0 bridgehead atoms. The number of rotatable bonds is 1. The van der Waals surface area contributed by atoms with Gasteiger partial charge in [-0.3, -0.25) is 4.57 Å². The van der Waals surface area contributed by atoms with Crippen molar-refractivity contribution in [2.75, 3.05) is 5.73 Å². The number of imidazole rings is 1. The molecule has 0 atom stereocenters. The molecule has 4 nitrogen and oxygen atoms in total. The second-order valence-electron chi connectivity index (χ2n) is 2.53. The Labute approximate surface area is 83.6 Å². The highest BCUT2D eigenvalue weighted by molar-refractivity contribution is 9.10. The number of nitrogens with zero attached hydrogens (tertiary/aromatic N) is 3. The van der Waals surface area contributed by atoms with Gasteiger partial charge in [0, 0.05) is 24.7 Å². The Morgan fingerprint density at radius 3 is 2.92 bits per heavy atom. The molecule has 2 heterocycles. The molecule has 13 heavy (non-hydrogen) atoms. The summed E-state index contributed by atoms with van der Waals surface area (Å²) in [6.07, 6.45) is 6.86. The van der Waals surface area contributed by atoms with Crippen molar-refractivity contribution in [2.24, 2.45) is 0 Å². The van der Waals surface area contributed by atoms with E-state index < -0.39 is 0 Å². The zero-order chi connectivity index (χ0) is 9.26. The maximum Gasteiger partial charge on any atom is 0.139 e. The molecule has 0 unspecified atom stereocenters. The number of hydrogen-bond donors (Lipinski definition) is 1. The third kappa shape index (κ3) is 1.55. The lowest BCUT2D eigenvalue weighted by atomic mass is 10.4. The van der Waals surface area contributed by atoms with Gasteiger partial charge < -0.3 is 5.73 Å². The molecule has 0 radical (unpaired) electrons. The molecule has 0 saturated heterocycles. The van der Waals surface area contributed by atoms with Crippen molar-refractivity contribution in [2.45, 2.75) is 0 Å². The van der Waals surface area contributed by atoms with E-state index in [0.717, 1.165) is 10.3 Å². The Kier molecular flexibility index (Phi) is 2.02. The highest BCUT2D eigenvalue weighted by Gasteiger charge is 2.00. The molecule has 66 valence electrons. The van der Waals surface area contributed by atoms with Crippen LogP contribution in [0, 0.1) is 0 Å². The molecule has 5 heteroatoms. The molecular weight excluding hydrogens is 232 g/mol. The first-order chi connectivity index (χ1) is 6.27. The van der Waals surface area contributed by atoms with Gasteiger partial charge in [0.2, 0.25) is 0 Å². The van der Waals surface area contributed by atoms with Crippen molar-refractivity contribution in [1.82, 2.24) is 14.5 Å². The SMILES string of the molecule is Nc1cc(-n2ccnc2)ncc1Br. The summed E-state index contributed by atoms with van der Waals surface area (Å²) in [6, 6.07) is 1.78. The lowest BCUT2D eigenvalue weighted by molar-refractivity contribution is 0.992. The van der Waals surface area contributed by atoms with Gasteiger partial charge in [-0.15, -0.1) is 0 Å². The van der Waals surface area contributed by atoms with Gasteiger partial charge in [0.05, 0.1) is 10.2 Å². The third-order valence-corrected chi connectivity index (χ3v) is 2.30. The van der Waals surface area contributed by atoms with Crippen LogP contribution in [0.2, 0.25) is 0 Å². The quantitative estimate of drug-likeness (QED) is 0.822. The molecule has 0 aliphatic rings. The zero-order valence-corrected chi connectivity index (χ0v) is 8.27. The molecule has 0 aromatic carbocycles. The molecule has 0 aliphatic heterocycles. The first-order valence-corrected chi connectivity index (χ1v) is 4.46. The summed E-state index contributed by atoms with van der Waals surface area (Å²) in [5.41, 5.74) is 6.37. The zero-order valence-electron chi connectivity index (χ0n) is 6.68. The highest BCUT2D eigenvalue weighted by Crippen LogP contribution is 2.19. The first kappa shape index (κ1) is 8.25. The van der Waals surface area contributed by atoms with E-state index in [1.807, 2.05) is 6.20 Å². The van der Waals surface area contributed by atoms with Gasteiger partial charge in [0.25, 0.3) is 0 Å². The molecule has 2 rings (SSSR count). The number of nitrogens with two attached hydrogens (primary N) is 1.